The van der Waals surface area contributed by atoms with E-state index in [4.69, 9.17) is 5.26 Å². The van der Waals surface area contributed by atoms with Gasteiger partial charge in [0.1, 0.15) is 6.54 Å². The maximum absolute atomic E-state index is 10.9. The quantitative estimate of drug-likeness (QED) is 0.560. The smallest absolute Gasteiger partial charge is 0.410 e. The Bertz CT molecular complexity index is 172. The summed E-state index contributed by atoms with van der Waals surface area (Å²) in [5.41, 5.74) is 0. The van der Waals surface area contributed by atoms with Crippen molar-refractivity contribution in [1.29, 1.82) is 5.26 Å². The highest BCUT2D eigenvalue weighted by atomic mass is 16.5. The van der Waals surface area contributed by atoms with Crippen LogP contribution in [0.3, 0.4) is 0 Å². The predicted molar refractivity (Wildman–Crippen MR) is 39.9 cm³/mol. The van der Waals surface area contributed by atoms with Gasteiger partial charge < -0.3 is 4.74 Å². The van der Waals surface area contributed by atoms with Crippen molar-refractivity contribution in [2.24, 2.45) is 0 Å². The molecule has 0 saturated heterocycles. The van der Waals surface area contributed by atoms with E-state index in [2.05, 4.69) is 4.74 Å². The van der Waals surface area contributed by atoms with Crippen LogP contribution in [-0.4, -0.2) is 30.7 Å². The Morgan fingerprint density at radius 2 is 2.27 bits per heavy atom. The minimum absolute atomic E-state index is 0.00194. The molecule has 0 heterocycles. The number of ether oxygens (including phenoxy) is 1. The summed E-state index contributed by atoms with van der Waals surface area (Å²) in [6, 6.07) is 1.89. The van der Waals surface area contributed by atoms with Gasteiger partial charge in [-0.05, 0) is 13.8 Å². The van der Waals surface area contributed by atoms with Gasteiger partial charge in [0, 0.05) is 6.04 Å². The molecule has 4 nitrogen and oxygen atoms in total. The fourth-order valence-electron chi connectivity index (χ4n) is 0.651. The molecule has 0 saturated carbocycles. The molecule has 0 atom stereocenters. The van der Waals surface area contributed by atoms with Gasteiger partial charge in [-0.2, -0.15) is 5.26 Å². The standard InChI is InChI=1S/C7H12N2O2/c1-6(2)9(5-4-8)7(10)11-3/h6H,5H2,1-3H3. The Morgan fingerprint density at radius 1 is 1.73 bits per heavy atom. The number of methoxy groups -OCH3 is 1. The molecule has 0 radical (unpaired) electrons. The van der Waals surface area contributed by atoms with Crippen LogP contribution in [0.15, 0.2) is 0 Å². The zero-order valence-electron chi connectivity index (χ0n) is 7.00. The zero-order valence-corrected chi connectivity index (χ0v) is 7.00. The number of carbonyl (C=O) groups is 1. The third kappa shape index (κ3) is 2.89. The van der Waals surface area contributed by atoms with E-state index in [-0.39, 0.29) is 12.6 Å². The molecule has 0 aromatic carbocycles. The lowest BCUT2D eigenvalue weighted by Crippen LogP contribution is -2.37. The Balaban J connectivity index is 4.12. The molecule has 0 aliphatic rings. The van der Waals surface area contributed by atoms with E-state index in [1.54, 1.807) is 0 Å². The summed E-state index contributed by atoms with van der Waals surface area (Å²) in [5, 5.41) is 8.33. The third-order valence-electron chi connectivity index (χ3n) is 1.27. The van der Waals surface area contributed by atoms with Crippen molar-refractivity contribution in [3.05, 3.63) is 0 Å². The summed E-state index contributed by atoms with van der Waals surface area (Å²) in [4.78, 5) is 12.2. The molecule has 1 amide bonds. The van der Waals surface area contributed by atoms with Crippen LogP contribution in [-0.2, 0) is 4.74 Å². The number of nitriles is 1. The van der Waals surface area contributed by atoms with Gasteiger partial charge in [-0.25, -0.2) is 4.79 Å². The SMILES string of the molecule is COC(=O)N(CC#N)C(C)C. The van der Waals surface area contributed by atoms with E-state index < -0.39 is 6.09 Å². The predicted octanol–water partition coefficient (Wildman–Crippen LogP) is 0.987. The second kappa shape index (κ2) is 4.56. The first-order valence-corrected chi connectivity index (χ1v) is 3.35. The molecule has 0 fully saturated rings. The average Bonchev–Trinajstić information content (AvgIpc) is 1.98. The van der Waals surface area contributed by atoms with E-state index in [0.717, 1.165) is 0 Å². The molecular formula is C7H12N2O2. The van der Waals surface area contributed by atoms with Gasteiger partial charge in [-0.1, -0.05) is 0 Å². The molecule has 0 bridgehead atoms. The van der Waals surface area contributed by atoms with Crippen molar-refractivity contribution in [2.45, 2.75) is 19.9 Å². The molecule has 0 unspecified atom stereocenters. The first-order chi connectivity index (χ1) is 5.13. The van der Waals surface area contributed by atoms with Gasteiger partial charge in [-0.3, -0.25) is 4.90 Å². The first-order valence-electron chi connectivity index (χ1n) is 3.35. The molecule has 62 valence electrons. The second-order valence-electron chi connectivity index (χ2n) is 2.35. The van der Waals surface area contributed by atoms with E-state index in [1.807, 2.05) is 19.9 Å². The Hall–Kier alpha value is -1.24. The summed E-state index contributed by atoms with van der Waals surface area (Å²) >= 11 is 0. The lowest BCUT2D eigenvalue weighted by atomic mass is 10.3. The maximum atomic E-state index is 10.9. The summed E-state index contributed by atoms with van der Waals surface area (Å²) in [7, 11) is 1.30. The van der Waals surface area contributed by atoms with E-state index >= 15 is 0 Å². The van der Waals surface area contributed by atoms with Crippen molar-refractivity contribution in [2.75, 3.05) is 13.7 Å². The van der Waals surface area contributed by atoms with Crippen LogP contribution in [0, 0.1) is 11.3 Å². The molecule has 0 aromatic heterocycles. The van der Waals surface area contributed by atoms with Gasteiger partial charge in [0.2, 0.25) is 0 Å². The molecule has 0 spiro atoms. The minimum atomic E-state index is -0.457. The van der Waals surface area contributed by atoms with Crippen molar-refractivity contribution >= 4 is 6.09 Å². The summed E-state index contributed by atoms with van der Waals surface area (Å²) < 4.78 is 4.46. The Morgan fingerprint density at radius 3 is 2.55 bits per heavy atom. The normalized spacial score (nSPS) is 9.00. The highest BCUT2D eigenvalue weighted by Crippen LogP contribution is 1.99. The van der Waals surface area contributed by atoms with Crippen molar-refractivity contribution in [3.63, 3.8) is 0 Å². The molecule has 4 heteroatoms. The van der Waals surface area contributed by atoms with Crippen molar-refractivity contribution < 1.29 is 9.53 Å². The van der Waals surface area contributed by atoms with Crippen molar-refractivity contribution in [1.82, 2.24) is 4.90 Å². The highest BCUT2D eigenvalue weighted by molar-refractivity contribution is 5.68. The number of nitrogens with zero attached hydrogens (tertiary/aromatic N) is 2. The molecule has 0 rings (SSSR count). The molecule has 11 heavy (non-hydrogen) atoms. The van der Waals surface area contributed by atoms with E-state index in [9.17, 15) is 4.79 Å². The fraction of sp³-hybridized carbons (Fsp3) is 0.714. The Labute approximate surface area is 66.4 Å². The Kier molecular flexibility index (Phi) is 4.04. The van der Waals surface area contributed by atoms with Gasteiger partial charge in [0.05, 0.1) is 13.2 Å². The lowest BCUT2D eigenvalue weighted by Gasteiger charge is -2.21. The van der Waals surface area contributed by atoms with Gasteiger partial charge in [-0.15, -0.1) is 0 Å². The van der Waals surface area contributed by atoms with Crippen LogP contribution in [0.4, 0.5) is 4.79 Å². The monoisotopic (exact) mass is 156 g/mol. The van der Waals surface area contributed by atoms with Crippen LogP contribution in [0.2, 0.25) is 0 Å². The van der Waals surface area contributed by atoms with Crippen LogP contribution >= 0.6 is 0 Å². The van der Waals surface area contributed by atoms with Gasteiger partial charge >= 0.3 is 6.09 Å². The average molecular weight is 156 g/mol. The van der Waals surface area contributed by atoms with Crippen LogP contribution in [0.25, 0.3) is 0 Å². The fourth-order valence-corrected chi connectivity index (χ4v) is 0.651. The summed E-state index contributed by atoms with van der Waals surface area (Å²) in [5.74, 6) is 0. The molecule has 0 N–H and O–H groups in total. The third-order valence-corrected chi connectivity index (χ3v) is 1.27. The highest BCUT2D eigenvalue weighted by Gasteiger charge is 2.15. The lowest BCUT2D eigenvalue weighted by molar-refractivity contribution is 0.117. The molecule has 0 aliphatic heterocycles. The number of amides is 1. The summed E-state index contributed by atoms with van der Waals surface area (Å²) in [6.45, 7) is 3.73. The second-order valence-corrected chi connectivity index (χ2v) is 2.35. The van der Waals surface area contributed by atoms with Crippen LogP contribution in [0.5, 0.6) is 0 Å². The van der Waals surface area contributed by atoms with Crippen molar-refractivity contribution in [3.8, 4) is 6.07 Å². The number of rotatable bonds is 2. The van der Waals surface area contributed by atoms with Gasteiger partial charge in [0.15, 0.2) is 0 Å². The van der Waals surface area contributed by atoms with Crippen LogP contribution in [0.1, 0.15) is 13.8 Å². The molecule has 0 aliphatic carbocycles. The maximum Gasteiger partial charge on any atom is 0.410 e. The minimum Gasteiger partial charge on any atom is -0.453 e. The van der Waals surface area contributed by atoms with Crippen LogP contribution < -0.4 is 0 Å². The summed E-state index contributed by atoms with van der Waals surface area (Å²) in [6.07, 6.45) is -0.457. The largest absolute Gasteiger partial charge is 0.453 e. The zero-order chi connectivity index (χ0) is 8.85. The molecular weight excluding hydrogens is 144 g/mol. The first kappa shape index (κ1) is 9.76. The molecule has 0 aromatic rings. The number of hydrogen-bond acceptors (Lipinski definition) is 3. The number of carbonyl (C=O) groups excluding carboxylic acids is 1. The number of hydrogen-bond donors (Lipinski definition) is 0. The van der Waals surface area contributed by atoms with E-state index in [0.29, 0.717) is 0 Å². The topological polar surface area (TPSA) is 53.3 Å². The van der Waals surface area contributed by atoms with E-state index in [1.165, 1.54) is 12.0 Å². The van der Waals surface area contributed by atoms with Gasteiger partial charge in [0.25, 0.3) is 0 Å².